The van der Waals surface area contributed by atoms with Crippen LogP contribution >= 0.6 is 0 Å². The molecule has 0 saturated carbocycles. The van der Waals surface area contributed by atoms with Crippen LogP contribution in [0.5, 0.6) is 0 Å². The van der Waals surface area contributed by atoms with Crippen molar-refractivity contribution in [3.8, 4) is 0 Å². The number of amides is 1. The lowest BCUT2D eigenvalue weighted by Crippen LogP contribution is -2.40. The van der Waals surface area contributed by atoms with Crippen LogP contribution in [0.4, 0.5) is 0 Å². The highest BCUT2D eigenvalue weighted by Gasteiger charge is 2.27. The van der Waals surface area contributed by atoms with Crippen LogP contribution in [-0.2, 0) is 6.42 Å². The van der Waals surface area contributed by atoms with Crippen molar-refractivity contribution in [1.29, 1.82) is 0 Å². The van der Waals surface area contributed by atoms with Gasteiger partial charge in [-0.2, -0.15) is 0 Å². The number of aromatic nitrogens is 1. The van der Waals surface area contributed by atoms with Crippen LogP contribution in [0.3, 0.4) is 0 Å². The second kappa shape index (κ2) is 6.99. The first-order valence-corrected chi connectivity index (χ1v) is 8.39. The number of hydrogen-bond acceptors (Lipinski definition) is 3. The summed E-state index contributed by atoms with van der Waals surface area (Å²) in [4.78, 5) is 18.5. The Kier molecular flexibility index (Phi) is 4.79. The van der Waals surface area contributed by atoms with Gasteiger partial charge in [0.2, 0.25) is 5.76 Å². The standard InChI is InChI=1S/C19H24N2O2/c1-14-6-3-4-8-17(14)10-9-16-7-5-11-21(12-16)19(22)18-15(2)20-13-23-18/h3-4,6,8,13,16H,5,7,9-12H2,1-2H3/t16-/m0/s1. The zero-order valence-corrected chi connectivity index (χ0v) is 13.9. The monoisotopic (exact) mass is 312 g/mol. The van der Waals surface area contributed by atoms with E-state index in [0.717, 1.165) is 32.4 Å². The number of benzene rings is 1. The highest BCUT2D eigenvalue weighted by molar-refractivity contribution is 5.92. The average Bonchev–Trinajstić information content (AvgIpc) is 3.00. The summed E-state index contributed by atoms with van der Waals surface area (Å²) >= 11 is 0. The first-order valence-electron chi connectivity index (χ1n) is 8.39. The Morgan fingerprint density at radius 3 is 2.91 bits per heavy atom. The Balaban J connectivity index is 1.59. The molecule has 23 heavy (non-hydrogen) atoms. The molecule has 0 radical (unpaired) electrons. The lowest BCUT2D eigenvalue weighted by atomic mass is 9.90. The predicted molar refractivity (Wildman–Crippen MR) is 89.4 cm³/mol. The molecular formula is C19H24N2O2. The molecule has 1 aliphatic heterocycles. The first kappa shape index (κ1) is 15.8. The molecule has 0 aliphatic carbocycles. The summed E-state index contributed by atoms with van der Waals surface area (Å²) in [6, 6.07) is 8.56. The van der Waals surface area contributed by atoms with E-state index in [1.54, 1.807) is 0 Å². The third-order valence-electron chi connectivity index (χ3n) is 4.83. The van der Waals surface area contributed by atoms with E-state index in [-0.39, 0.29) is 5.91 Å². The largest absolute Gasteiger partial charge is 0.438 e. The summed E-state index contributed by atoms with van der Waals surface area (Å²) in [6.45, 7) is 5.62. The Labute approximate surface area is 137 Å². The van der Waals surface area contributed by atoms with Gasteiger partial charge >= 0.3 is 0 Å². The Hall–Kier alpha value is -2.10. The second-order valence-corrected chi connectivity index (χ2v) is 6.49. The zero-order valence-electron chi connectivity index (χ0n) is 13.9. The van der Waals surface area contributed by atoms with Crippen molar-refractivity contribution in [2.45, 2.75) is 39.5 Å². The number of piperidine rings is 1. The van der Waals surface area contributed by atoms with Crippen molar-refractivity contribution in [1.82, 2.24) is 9.88 Å². The molecule has 4 nitrogen and oxygen atoms in total. The molecule has 0 N–H and O–H groups in total. The Bertz CT molecular complexity index is 678. The first-order chi connectivity index (χ1) is 11.1. The molecule has 1 fully saturated rings. The molecule has 4 heteroatoms. The fraction of sp³-hybridized carbons (Fsp3) is 0.474. The average molecular weight is 312 g/mol. The summed E-state index contributed by atoms with van der Waals surface area (Å²) in [6.07, 6.45) is 5.83. The number of carbonyl (C=O) groups is 1. The Morgan fingerprint density at radius 1 is 1.35 bits per heavy atom. The minimum absolute atomic E-state index is 0.0133. The van der Waals surface area contributed by atoms with E-state index in [0.29, 0.717) is 17.4 Å². The Morgan fingerprint density at radius 2 is 2.17 bits per heavy atom. The molecule has 1 saturated heterocycles. The number of aryl methyl sites for hydroxylation is 3. The SMILES string of the molecule is Cc1ccccc1CC[C@@H]1CCCN(C(=O)c2ocnc2C)C1. The summed E-state index contributed by atoms with van der Waals surface area (Å²) in [7, 11) is 0. The molecule has 0 unspecified atom stereocenters. The third kappa shape index (κ3) is 3.63. The highest BCUT2D eigenvalue weighted by atomic mass is 16.3. The molecule has 0 spiro atoms. The van der Waals surface area contributed by atoms with Gasteiger partial charge in [0.15, 0.2) is 6.39 Å². The summed E-state index contributed by atoms with van der Waals surface area (Å²) < 4.78 is 5.26. The minimum atomic E-state index is -0.0133. The molecule has 122 valence electrons. The van der Waals surface area contributed by atoms with Crippen LogP contribution in [0, 0.1) is 19.8 Å². The second-order valence-electron chi connectivity index (χ2n) is 6.49. The van der Waals surface area contributed by atoms with Crippen molar-refractivity contribution in [3.63, 3.8) is 0 Å². The van der Waals surface area contributed by atoms with Gasteiger partial charge in [-0.3, -0.25) is 4.79 Å². The molecule has 1 aromatic carbocycles. The van der Waals surface area contributed by atoms with Gasteiger partial charge in [0, 0.05) is 13.1 Å². The van der Waals surface area contributed by atoms with Crippen molar-refractivity contribution in [2.75, 3.05) is 13.1 Å². The van der Waals surface area contributed by atoms with E-state index in [2.05, 4.69) is 36.2 Å². The van der Waals surface area contributed by atoms with E-state index in [9.17, 15) is 4.79 Å². The number of hydrogen-bond donors (Lipinski definition) is 0. The van der Waals surface area contributed by atoms with Crippen LogP contribution in [0.15, 0.2) is 35.1 Å². The number of nitrogens with zero attached hydrogens (tertiary/aromatic N) is 2. The van der Waals surface area contributed by atoms with Gasteiger partial charge in [-0.15, -0.1) is 0 Å². The van der Waals surface area contributed by atoms with Crippen molar-refractivity contribution in [3.05, 3.63) is 53.2 Å². The predicted octanol–water partition coefficient (Wildman–Crippen LogP) is 3.78. The van der Waals surface area contributed by atoms with Crippen molar-refractivity contribution >= 4 is 5.91 Å². The molecule has 1 aromatic heterocycles. The van der Waals surface area contributed by atoms with E-state index in [1.165, 1.54) is 23.9 Å². The summed E-state index contributed by atoms with van der Waals surface area (Å²) in [5, 5.41) is 0. The van der Waals surface area contributed by atoms with Gasteiger partial charge < -0.3 is 9.32 Å². The maximum Gasteiger partial charge on any atom is 0.291 e. The van der Waals surface area contributed by atoms with E-state index in [4.69, 9.17) is 4.42 Å². The van der Waals surface area contributed by atoms with Gasteiger partial charge in [0.25, 0.3) is 5.91 Å². The molecule has 2 heterocycles. The molecule has 1 atom stereocenters. The number of likely N-dealkylation sites (tertiary alicyclic amines) is 1. The zero-order chi connectivity index (χ0) is 16.2. The topological polar surface area (TPSA) is 46.3 Å². The maximum atomic E-state index is 12.5. The normalized spacial score (nSPS) is 18.2. The minimum Gasteiger partial charge on any atom is -0.438 e. The number of rotatable bonds is 4. The molecule has 2 aromatic rings. The fourth-order valence-corrected chi connectivity index (χ4v) is 3.39. The van der Waals surface area contributed by atoms with Gasteiger partial charge in [-0.1, -0.05) is 24.3 Å². The maximum absolute atomic E-state index is 12.5. The number of carbonyl (C=O) groups excluding carboxylic acids is 1. The summed E-state index contributed by atoms with van der Waals surface area (Å²) in [5.74, 6) is 0.945. The van der Waals surface area contributed by atoms with Gasteiger partial charge in [0.1, 0.15) is 0 Å². The van der Waals surface area contributed by atoms with Crippen LogP contribution in [0.2, 0.25) is 0 Å². The fourth-order valence-electron chi connectivity index (χ4n) is 3.39. The van der Waals surface area contributed by atoms with Crippen LogP contribution in [0.25, 0.3) is 0 Å². The van der Waals surface area contributed by atoms with E-state index < -0.39 is 0 Å². The van der Waals surface area contributed by atoms with Crippen LogP contribution in [-0.4, -0.2) is 28.9 Å². The summed E-state index contributed by atoms with van der Waals surface area (Å²) in [5.41, 5.74) is 3.45. The quantitative estimate of drug-likeness (QED) is 0.863. The lowest BCUT2D eigenvalue weighted by Gasteiger charge is -2.32. The number of oxazole rings is 1. The third-order valence-corrected chi connectivity index (χ3v) is 4.83. The molecular weight excluding hydrogens is 288 g/mol. The molecule has 3 rings (SSSR count). The highest BCUT2D eigenvalue weighted by Crippen LogP contribution is 2.24. The molecule has 1 amide bonds. The van der Waals surface area contributed by atoms with Gasteiger partial charge in [-0.05, 0) is 56.6 Å². The van der Waals surface area contributed by atoms with Gasteiger partial charge in [0.05, 0.1) is 5.69 Å². The molecule has 0 bridgehead atoms. The van der Waals surface area contributed by atoms with Crippen molar-refractivity contribution in [2.24, 2.45) is 5.92 Å². The van der Waals surface area contributed by atoms with E-state index >= 15 is 0 Å². The molecule has 1 aliphatic rings. The van der Waals surface area contributed by atoms with Crippen molar-refractivity contribution < 1.29 is 9.21 Å². The van der Waals surface area contributed by atoms with Gasteiger partial charge in [-0.25, -0.2) is 4.98 Å². The smallest absolute Gasteiger partial charge is 0.291 e. The van der Waals surface area contributed by atoms with E-state index in [1.807, 2.05) is 11.8 Å². The van der Waals surface area contributed by atoms with Crippen LogP contribution < -0.4 is 0 Å². The van der Waals surface area contributed by atoms with Crippen LogP contribution in [0.1, 0.15) is 46.6 Å². The lowest BCUT2D eigenvalue weighted by molar-refractivity contribution is 0.0635.